The smallest absolute Gasteiger partial charge is 0.261 e. The van der Waals surface area contributed by atoms with Crippen LogP contribution in [-0.4, -0.2) is 14.9 Å². The Labute approximate surface area is 113 Å². The van der Waals surface area contributed by atoms with Gasteiger partial charge in [-0.05, 0) is 17.7 Å². The Morgan fingerprint density at radius 3 is 2.47 bits per heavy atom. The van der Waals surface area contributed by atoms with Gasteiger partial charge in [-0.1, -0.05) is 11.6 Å². The maximum atomic E-state index is 10.6. The molecule has 0 spiro atoms. The van der Waals surface area contributed by atoms with Crippen LogP contribution in [0.2, 0.25) is 0 Å². The van der Waals surface area contributed by atoms with Crippen molar-refractivity contribution < 1.29 is 4.92 Å². The van der Waals surface area contributed by atoms with Crippen LogP contribution in [0.25, 0.3) is 0 Å². The maximum Gasteiger partial charge on any atom is 0.269 e. The first-order valence-electron chi connectivity index (χ1n) is 5.19. The van der Waals surface area contributed by atoms with Crippen molar-refractivity contribution in [3.8, 4) is 6.07 Å². The van der Waals surface area contributed by atoms with E-state index in [1.807, 2.05) is 6.07 Å². The first-order chi connectivity index (χ1) is 9.08. The lowest BCUT2D eigenvalue weighted by Crippen LogP contribution is -2.19. The van der Waals surface area contributed by atoms with Gasteiger partial charge in [0.15, 0.2) is 4.87 Å². The molecule has 0 aliphatic heterocycles. The summed E-state index contributed by atoms with van der Waals surface area (Å²) in [5.74, 6) is 0. The molecule has 1 unspecified atom stereocenters. The Bertz CT molecular complexity index is 639. The third-order valence-corrected chi connectivity index (χ3v) is 3.04. The van der Waals surface area contributed by atoms with E-state index in [0.29, 0.717) is 5.56 Å². The summed E-state index contributed by atoms with van der Waals surface area (Å²) in [5, 5.41) is 19.9. The molecule has 1 heterocycles. The van der Waals surface area contributed by atoms with Gasteiger partial charge in [0.2, 0.25) is 0 Å². The summed E-state index contributed by atoms with van der Waals surface area (Å²) in [5.41, 5.74) is 0.607. The monoisotopic (exact) mass is 274 g/mol. The molecule has 0 bridgehead atoms. The summed E-state index contributed by atoms with van der Waals surface area (Å²) in [6, 6.07) is 7.40. The van der Waals surface area contributed by atoms with Crippen LogP contribution in [0.5, 0.6) is 0 Å². The first-order valence-corrected chi connectivity index (χ1v) is 5.57. The molecule has 7 heteroatoms. The SMILES string of the molecule is N#CC(Cl)(c1ccc([N+](=O)[O-])cc1)c1cnccn1. The van der Waals surface area contributed by atoms with Crippen molar-refractivity contribution in [1.82, 2.24) is 9.97 Å². The van der Waals surface area contributed by atoms with E-state index in [2.05, 4.69) is 9.97 Å². The molecular weight excluding hydrogens is 268 g/mol. The van der Waals surface area contributed by atoms with Crippen LogP contribution >= 0.6 is 11.6 Å². The molecule has 0 aliphatic rings. The number of nitrogens with zero attached hydrogens (tertiary/aromatic N) is 4. The molecular formula is C12H7ClN4O2. The van der Waals surface area contributed by atoms with Crippen LogP contribution in [0.4, 0.5) is 5.69 Å². The van der Waals surface area contributed by atoms with Crippen molar-refractivity contribution in [2.75, 3.05) is 0 Å². The summed E-state index contributed by atoms with van der Waals surface area (Å²) < 4.78 is 0. The minimum absolute atomic E-state index is 0.0696. The lowest BCUT2D eigenvalue weighted by Gasteiger charge is -2.18. The Morgan fingerprint density at radius 1 is 1.32 bits per heavy atom. The summed E-state index contributed by atoms with van der Waals surface area (Å²) >= 11 is 6.27. The third-order valence-electron chi connectivity index (χ3n) is 2.55. The average molecular weight is 275 g/mol. The van der Waals surface area contributed by atoms with Gasteiger partial charge in [0.05, 0.1) is 22.9 Å². The van der Waals surface area contributed by atoms with Gasteiger partial charge in [-0.15, -0.1) is 0 Å². The lowest BCUT2D eigenvalue weighted by molar-refractivity contribution is -0.384. The van der Waals surface area contributed by atoms with Gasteiger partial charge < -0.3 is 0 Å². The van der Waals surface area contributed by atoms with E-state index in [1.165, 1.54) is 42.9 Å². The number of alkyl halides is 1. The molecule has 2 rings (SSSR count). The van der Waals surface area contributed by atoms with Crippen LogP contribution in [-0.2, 0) is 4.87 Å². The van der Waals surface area contributed by atoms with Gasteiger partial charge in [-0.25, -0.2) is 0 Å². The molecule has 19 heavy (non-hydrogen) atoms. The quantitative estimate of drug-likeness (QED) is 0.487. The van der Waals surface area contributed by atoms with Gasteiger partial charge in [0.25, 0.3) is 5.69 Å². The minimum atomic E-state index is -1.51. The molecule has 0 fully saturated rings. The van der Waals surface area contributed by atoms with E-state index >= 15 is 0 Å². The number of nitriles is 1. The number of nitro benzene ring substituents is 1. The summed E-state index contributed by atoms with van der Waals surface area (Å²) in [7, 11) is 0. The Balaban J connectivity index is 2.48. The van der Waals surface area contributed by atoms with Crippen molar-refractivity contribution in [2.24, 2.45) is 0 Å². The van der Waals surface area contributed by atoms with Crippen molar-refractivity contribution >= 4 is 17.3 Å². The fraction of sp³-hybridized carbons (Fsp3) is 0.0833. The summed E-state index contributed by atoms with van der Waals surface area (Å²) in [6.07, 6.45) is 4.28. The average Bonchev–Trinajstić information content (AvgIpc) is 2.47. The zero-order valence-electron chi connectivity index (χ0n) is 9.52. The Morgan fingerprint density at radius 2 is 2.00 bits per heavy atom. The van der Waals surface area contributed by atoms with E-state index in [4.69, 9.17) is 11.6 Å². The van der Waals surface area contributed by atoms with Gasteiger partial charge in [-0.3, -0.25) is 20.1 Å². The second-order valence-corrected chi connectivity index (χ2v) is 4.23. The molecule has 1 aromatic heterocycles. The predicted octanol–water partition coefficient (Wildman–Crippen LogP) is 2.39. The number of non-ortho nitro benzene ring substituents is 1. The number of halogens is 1. The van der Waals surface area contributed by atoms with Crippen LogP contribution in [0.15, 0.2) is 42.9 Å². The number of hydrogen-bond donors (Lipinski definition) is 0. The van der Waals surface area contributed by atoms with E-state index in [1.54, 1.807) is 0 Å². The molecule has 94 valence electrons. The van der Waals surface area contributed by atoms with Crippen LogP contribution in [0, 0.1) is 21.4 Å². The highest BCUT2D eigenvalue weighted by Gasteiger charge is 2.34. The van der Waals surface area contributed by atoms with Crippen molar-refractivity contribution in [2.45, 2.75) is 4.87 Å². The zero-order chi connectivity index (χ0) is 13.9. The van der Waals surface area contributed by atoms with E-state index in [0.717, 1.165) is 0 Å². The number of aromatic nitrogens is 2. The standard InChI is InChI=1S/C12H7ClN4O2/c13-12(8-14,11-7-15-5-6-16-11)9-1-3-10(4-2-9)17(18)19/h1-7H. The molecule has 0 amide bonds. The van der Waals surface area contributed by atoms with Crippen molar-refractivity contribution in [1.29, 1.82) is 5.26 Å². The Kier molecular flexibility index (Phi) is 3.40. The summed E-state index contributed by atoms with van der Waals surface area (Å²) in [4.78, 5) is 16.4. The molecule has 0 saturated heterocycles. The zero-order valence-corrected chi connectivity index (χ0v) is 10.3. The van der Waals surface area contributed by atoms with Crippen molar-refractivity contribution in [3.63, 3.8) is 0 Å². The topological polar surface area (TPSA) is 92.7 Å². The molecule has 6 nitrogen and oxygen atoms in total. The van der Waals surface area contributed by atoms with Crippen LogP contribution < -0.4 is 0 Å². The normalized spacial score (nSPS) is 13.3. The fourth-order valence-electron chi connectivity index (χ4n) is 1.56. The largest absolute Gasteiger partial charge is 0.269 e. The second-order valence-electron chi connectivity index (χ2n) is 3.66. The highest BCUT2D eigenvalue weighted by atomic mass is 35.5. The lowest BCUT2D eigenvalue weighted by atomic mass is 9.96. The van der Waals surface area contributed by atoms with E-state index in [-0.39, 0.29) is 11.4 Å². The van der Waals surface area contributed by atoms with Crippen LogP contribution in [0.3, 0.4) is 0 Å². The highest BCUT2D eigenvalue weighted by molar-refractivity contribution is 6.27. The number of benzene rings is 1. The molecule has 0 aliphatic carbocycles. The van der Waals surface area contributed by atoms with E-state index < -0.39 is 9.80 Å². The van der Waals surface area contributed by atoms with Crippen LogP contribution in [0.1, 0.15) is 11.3 Å². The Hall–Kier alpha value is -2.52. The number of rotatable bonds is 3. The number of hydrogen-bond acceptors (Lipinski definition) is 5. The van der Waals surface area contributed by atoms with Gasteiger partial charge in [-0.2, -0.15) is 5.26 Å². The van der Waals surface area contributed by atoms with Gasteiger partial charge in [0, 0.05) is 24.5 Å². The van der Waals surface area contributed by atoms with Gasteiger partial charge >= 0.3 is 0 Å². The maximum absolute atomic E-state index is 10.6. The van der Waals surface area contributed by atoms with Crippen molar-refractivity contribution in [3.05, 3.63) is 64.2 Å². The summed E-state index contributed by atoms with van der Waals surface area (Å²) in [6.45, 7) is 0. The third kappa shape index (κ3) is 2.37. The molecule has 0 radical (unpaired) electrons. The second kappa shape index (κ2) is 5.00. The predicted molar refractivity (Wildman–Crippen MR) is 67.4 cm³/mol. The van der Waals surface area contributed by atoms with E-state index in [9.17, 15) is 15.4 Å². The number of nitro groups is 1. The first kappa shape index (κ1) is 12.9. The molecule has 0 saturated carbocycles. The fourth-order valence-corrected chi connectivity index (χ4v) is 1.78. The highest BCUT2D eigenvalue weighted by Crippen LogP contribution is 2.35. The molecule has 1 aromatic carbocycles. The molecule has 0 N–H and O–H groups in total. The molecule has 1 atom stereocenters. The molecule has 2 aromatic rings. The van der Waals surface area contributed by atoms with Gasteiger partial charge in [0.1, 0.15) is 0 Å². The minimum Gasteiger partial charge on any atom is -0.261 e.